The highest BCUT2D eigenvalue weighted by atomic mass is 16.4. The van der Waals surface area contributed by atoms with E-state index in [0.29, 0.717) is 12.8 Å². The van der Waals surface area contributed by atoms with Crippen LogP contribution in [0.5, 0.6) is 0 Å². The van der Waals surface area contributed by atoms with Crippen molar-refractivity contribution in [1.29, 1.82) is 0 Å². The number of hydrogen-bond donors (Lipinski definition) is 3. The molecule has 108 valence electrons. The minimum absolute atomic E-state index is 0.0933. The van der Waals surface area contributed by atoms with Gasteiger partial charge in [-0.3, -0.25) is 0 Å². The number of carbonyl (C=O) groups is 2. The highest BCUT2D eigenvalue weighted by molar-refractivity contribution is 5.86. The summed E-state index contributed by atoms with van der Waals surface area (Å²) in [7, 11) is 0. The molecule has 0 atom stereocenters. The Morgan fingerprint density at radius 1 is 1.21 bits per heavy atom. The Bertz CT molecular complexity index is 349. The van der Waals surface area contributed by atoms with Gasteiger partial charge in [0.05, 0.1) is 6.61 Å². The SMILES string of the molecule is O=C(NC1(C(=O)O)CCCC1)N(CCO)C1CCC1. The lowest BCUT2D eigenvalue weighted by Gasteiger charge is -2.39. The normalized spacial score (nSPS) is 21.7. The Morgan fingerprint density at radius 3 is 2.26 bits per heavy atom. The number of aliphatic hydroxyl groups is 1. The van der Waals surface area contributed by atoms with Crippen molar-refractivity contribution >= 4 is 12.0 Å². The van der Waals surface area contributed by atoms with Crippen LogP contribution in [0.1, 0.15) is 44.9 Å². The molecule has 6 nitrogen and oxygen atoms in total. The van der Waals surface area contributed by atoms with Crippen LogP contribution in [-0.2, 0) is 4.79 Å². The fraction of sp³-hybridized carbons (Fsp3) is 0.846. The number of carboxylic acid groups (broad SMARTS) is 1. The first kappa shape index (κ1) is 14.1. The molecule has 0 bridgehead atoms. The zero-order valence-corrected chi connectivity index (χ0v) is 11.1. The zero-order chi connectivity index (χ0) is 13.9. The van der Waals surface area contributed by atoms with Crippen molar-refractivity contribution in [1.82, 2.24) is 10.2 Å². The van der Waals surface area contributed by atoms with E-state index in [1.54, 1.807) is 4.90 Å². The molecular formula is C13H22N2O4. The highest BCUT2D eigenvalue weighted by Crippen LogP contribution is 2.31. The van der Waals surface area contributed by atoms with Crippen LogP contribution >= 0.6 is 0 Å². The van der Waals surface area contributed by atoms with Gasteiger partial charge in [0, 0.05) is 12.6 Å². The second-order valence-corrected chi connectivity index (χ2v) is 5.53. The molecule has 2 rings (SSSR count). The van der Waals surface area contributed by atoms with Crippen LogP contribution in [-0.4, -0.2) is 51.8 Å². The summed E-state index contributed by atoms with van der Waals surface area (Å²) in [5.74, 6) is -0.948. The molecule has 2 aliphatic rings. The van der Waals surface area contributed by atoms with E-state index in [4.69, 9.17) is 5.11 Å². The van der Waals surface area contributed by atoms with E-state index in [0.717, 1.165) is 32.1 Å². The summed E-state index contributed by atoms with van der Waals surface area (Å²) in [6, 6.07) is -0.192. The smallest absolute Gasteiger partial charge is 0.329 e. The predicted octanol–water partition coefficient (Wildman–Crippen LogP) is 0.940. The molecule has 0 aromatic carbocycles. The van der Waals surface area contributed by atoms with Gasteiger partial charge >= 0.3 is 12.0 Å². The maximum absolute atomic E-state index is 12.3. The lowest BCUT2D eigenvalue weighted by Crippen LogP contribution is -2.59. The van der Waals surface area contributed by atoms with Crippen LogP contribution in [0.15, 0.2) is 0 Å². The molecule has 0 aromatic heterocycles. The Kier molecular flexibility index (Phi) is 4.29. The van der Waals surface area contributed by atoms with Gasteiger partial charge in [-0.25, -0.2) is 9.59 Å². The molecule has 0 aromatic rings. The van der Waals surface area contributed by atoms with Crippen molar-refractivity contribution in [3.8, 4) is 0 Å². The van der Waals surface area contributed by atoms with Crippen molar-refractivity contribution < 1.29 is 19.8 Å². The lowest BCUT2D eigenvalue weighted by molar-refractivity contribution is -0.144. The van der Waals surface area contributed by atoms with Gasteiger partial charge in [0.25, 0.3) is 0 Å². The molecule has 2 amide bonds. The summed E-state index contributed by atoms with van der Waals surface area (Å²) in [4.78, 5) is 25.3. The third-order valence-electron chi connectivity index (χ3n) is 4.33. The second kappa shape index (κ2) is 5.77. The molecule has 2 aliphatic carbocycles. The van der Waals surface area contributed by atoms with E-state index in [-0.39, 0.29) is 25.2 Å². The molecule has 2 saturated carbocycles. The molecule has 0 heterocycles. The number of urea groups is 1. The van der Waals surface area contributed by atoms with Gasteiger partial charge in [0.15, 0.2) is 0 Å². The molecule has 0 saturated heterocycles. The molecule has 19 heavy (non-hydrogen) atoms. The first-order chi connectivity index (χ1) is 9.09. The second-order valence-electron chi connectivity index (χ2n) is 5.53. The van der Waals surface area contributed by atoms with Gasteiger partial charge < -0.3 is 20.4 Å². The largest absolute Gasteiger partial charge is 0.480 e. The number of aliphatic carboxylic acids is 1. The van der Waals surface area contributed by atoms with Gasteiger partial charge in [0.1, 0.15) is 5.54 Å². The maximum Gasteiger partial charge on any atom is 0.329 e. The van der Waals surface area contributed by atoms with Gasteiger partial charge in [0.2, 0.25) is 0 Å². The zero-order valence-electron chi connectivity index (χ0n) is 11.1. The summed E-state index contributed by atoms with van der Waals surface area (Å²) in [5.41, 5.74) is -1.10. The fourth-order valence-corrected chi connectivity index (χ4v) is 2.90. The van der Waals surface area contributed by atoms with Crippen molar-refractivity contribution in [3.05, 3.63) is 0 Å². The van der Waals surface area contributed by atoms with E-state index in [9.17, 15) is 14.7 Å². The number of amides is 2. The number of hydrogen-bond acceptors (Lipinski definition) is 3. The summed E-state index contributed by atoms with van der Waals surface area (Å²) in [5, 5.41) is 21.1. The van der Waals surface area contributed by atoms with Crippen LogP contribution in [0.3, 0.4) is 0 Å². The molecule has 0 unspecified atom stereocenters. The summed E-state index contributed by atoms with van der Waals surface area (Å²) >= 11 is 0. The first-order valence-electron chi connectivity index (χ1n) is 7.02. The molecule has 0 aliphatic heterocycles. The van der Waals surface area contributed by atoms with E-state index in [1.807, 2.05) is 0 Å². The van der Waals surface area contributed by atoms with Crippen LogP contribution in [0.2, 0.25) is 0 Å². The minimum Gasteiger partial charge on any atom is -0.480 e. The van der Waals surface area contributed by atoms with Crippen molar-refractivity contribution in [2.24, 2.45) is 0 Å². The Hall–Kier alpha value is -1.30. The molecule has 6 heteroatoms. The summed E-state index contributed by atoms with van der Waals surface area (Å²) in [6.07, 6.45) is 5.61. The third kappa shape index (κ3) is 2.83. The van der Waals surface area contributed by atoms with Crippen molar-refractivity contribution in [2.45, 2.75) is 56.5 Å². The maximum atomic E-state index is 12.3. The summed E-state index contributed by atoms with van der Waals surface area (Å²) < 4.78 is 0. The van der Waals surface area contributed by atoms with E-state index >= 15 is 0 Å². The first-order valence-corrected chi connectivity index (χ1v) is 7.02. The van der Waals surface area contributed by atoms with Gasteiger partial charge in [-0.05, 0) is 32.1 Å². The van der Waals surface area contributed by atoms with E-state index < -0.39 is 11.5 Å². The Balaban J connectivity index is 2.02. The van der Waals surface area contributed by atoms with Gasteiger partial charge in [-0.1, -0.05) is 12.8 Å². The number of nitrogens with zero attached hydrogens (tertiary/aromatic N) is 1. The van der Waals surface area contributed by atoms with Crippen LogP contribution in [0.4, 0.5) is 4.79 Å². The number of carboxylic acids is 1. The summed E-state index contributed by atoms with van der Waals surface area (Å²) in [6.45, 7) is 0.177. The van der Waals surface area contributed by atoms with Crippen LogP contribution < -0.4 is 5.32 Å². The Labute approximate surface area is 112 Å². The third-order valence-corrected chi connectivity index (χ3v) is 4.33. The quantitative estimate of drug-likeness (QED) is 0.693. The monoisotopic (exact) mass is 270 g/mol. The minimum atomic E-state index is -1.10. The van der Waals surface area contributed by atoms with Crippen molar-refractivity contribution in [2.75, 3.05) is 13.2 Å². The van der Waals surface area contributed by atoms with Gasteiger partial charge in [-0.2, -0.15) is 0 Å². The number of aliphatic hydroxyl groups excluding tert-OH is 1. The van der Waals surface area contributed by atoms with E-state index in [2.05, 4.69) is 5.32 Å². The number of nitrogens with one attached hydrogen (secondary N) is 1. The standard InChI is InChI=1S/C13H22N2O4/c16-9-8-15(10-4-3-5-10)12(19)14-13(11(17)18)6-1-2-7-13/h10,16H,1-9H2,(H,14,19)(H,17,18). The Morgan fingerprint density at radius 2 is 1.84 bits per heavy atom. The van der Waals surface area contributed by atoms with Gasteiger partial charge in [-0.15, -0.1) is 0 Å². The van der Waals surface area contributed by atoms with E-state index in [1.165, 1.54) is 0 Å². The average molecular weight is 270 g/mol. The van der Waals surface area contributed by atoms with Crippen LogP contribution in [0.25, 0.3) is 0 Å². The molecule has 3 N–H and O–H groups in total. The molecular weight excluding hydrogens is 248 g/mol. The molecule has 2 fully saturated rings. The van der Waals surface area contributed by atoms with Crippen molar-refractivity contribution in [3.63, 3.8) is 0 Å². The fourth-order valence-electron chi connectivity index (χ4n) is 2.90. The topological polar surface area (TPSA) is 89.9 Å². The lowest BCUT2D eigenvalue weighted by atomic mass is 9.91. The van der Waals surface area contributed by atoms with Crippen LogP contribution in [0, 0.1) is 0 Å². The highest BCUT2D eigenvalue weighted by Gasteiger charge is 2.44. The number of rotatable bonds is 5. The molecule has 0 radical (unpaired) electrons. The number of carbonyl (C=O) groups excluding carboxylic acids is 1. The predicted molar refractivity (Wildman–Crippen MR) is 68.8 cm³/mol. The molecule has 0 spiro atoms. The average Bonchev–Trinajstić information content (AvgIpc) is 2.76.